The van der Waals surface area contributed by atoms with Gasteiger partial charge in [0.15, 0.2) is 0 Å². The summed E-state index contributed by atoms with van der Waals surface area (Å²) in [5, 5.41) is 7.61. The number of aromatic nitrogens is 1. The van der Waals surface area contributed by atoms with Crippen LogP contribution in [0.15, 0.2) is 85.1 Å². The van der Waals surface area contributed by atoms with Gasteiger partial charge in [-0.25, -0.2) is 0 Å². The van der Waals surface area contributed by atoms with E-state index in [4.69, 9.17) is 4.74 Å². The minimum atomic E-state index is -0.0639. The molecule has 1 heterocycles. The number of aromatic amines is 1. The largest absolute Gasteiger partial charge is 0.493 e. The molecule has 3 N–H and O–H groups in total. The molecular weight excluding hydrogens is 374 g/mol. The monoisotopic (exact) mass is 399 g/mol. The highest BCUT2D eigenvalue weighted by molar-refractivity contribution is 5.91. The van der Waals surface area contributed by atoms with Crippen LogP contribution in [0.2, 0.25) is 0 Å². The molecule has 4 rings (SSSR count). The number of para-hydroxylation sites is 2. The fourth-order valence-electron chi connectivity index (χ4n) is 3.35. The molecule has 0 aliphatic rings. The summed E-state index contributed by atoms with van der Waals surface area (Å²) in [4.78, 5) is 15.4. The maximum absolute atomic E-state index is 12.1. The van der Waals surface area contributed by atoms with Gasteiger partial charge < -0.3 is 20.4 Å². The number of nitrogens with one attached hydrogen (secondary N) is 3. The molecule has 5 nitrogen and oxygen atoms in total. The maximum atomic E-state index is 12.1. The van der Waals surface area contributed by atoms with Gasteiger partial charge in [-0.1, -0.05) is 36.4 Å². The molecule has 1 amide bonds. The Balaban J connectivity index is 1.20. The summed E-state index contributed by atoms with van der Waals surface area (Å²) in [5.41, 5.74) is 4.28. The molecule has 3 aromatic carbocycles. The second-order valence-electron chi connectivity index (χ2n) is 7.07. The number of anilines is 2. The Kier molecular flexibility index (Phi) is 6.30. The number of carbonyl (C=O) groups is 1. The molecule has 30 heavy (non-hydrogen) atoms. The van der Waals surface area contributed by atoms with Crippen LogP contribution in [-0.2, 0) is 11.2 Å². The number of hydrogen-bond donors (Lipinski definition) is 3. The average Bonchev–Trinajstić information content (AvgIpc) is 3.19. The molecule has 152 valence electrons. The Morgan fingerprint density at radius 3 is 2.43 bits per heavy atom. The zero-order valence-electron chi connectivity index (χ0n) is 16.7. The summed E-state index contributed by atoms with van der Waals surface area (Å²) in [6.45, 7) is 1.19. The lowest BCUT2D eigenvalue weighted by atomic mass is 10.1. The van der Waals surface area contributed by atoms with Crippen LogP contribution >= 0.6 is 0 Å². The number of ether oxygens (including phenoxy) is 1. The van der Waals surface area contributed by atoms with Crippen LogP contribution in [0.4, 0.5) is 11.4 Å². The minimum absolute atomic E-state index is 0.0639. The van der Waals surface area contributed by atoms with Crippen molar-refractivity contribution in [3.63, 3.8) is 0 Å². The van der Waals surface area contributed by atoms with Crippen LogP contribution < -0.4 is 15.4 Å². The molecule has 0 saturated carbocycles. The highest BCUT2D eigenvalue weighted by atomic mass is 16.5. The molecule has 1 aromatic heterocycles. The lowest BCUT2D eigenvalue weighted by molar-refractivity contribution is -0.116. The summed E-state index contributed by atoms with van der Waals surface area (Å²) in [6.07, 6.45) is 3.32. The normalized spacial score (nSPS) is 10.7. The van der Waals surface area contributed by atoms with Gasteiger partial charge >= 0.3 is 0 Å². The van der Waals surface area contributed by atoms with E-state index in [0.29, 0.717) is 13.0 Å². The molecule has 4 aromatic rings. The number of H-pyrrole nitrogens is 1. The van der Waals surface area contributed by atoms with Crippen LogP contribution in [-0.4, -0.2) is 24.0 Å². The van der Waals surface area contributed by atoms with E-state index in [1.54, 1.807) is 0 Å². The Morgan fingerprint density at radius 1 is 0.867 bits per heavy atom. The highest BCUT2D eigenvalue weighted by Crippen LogP contribution is 2.19. The van der Waals surface area contributed by atoms with Gasteiger partial charge in [0.2, 0.25) is 5.91 Å². The van der Waals surface area contributed by atoms with E-state index in [0.717, 1.165) is 30.1 Å². The van der Waals surface area contributed by atoms with Crippen molar-refractivity contribution in [1.29, 1.82) is 0 Å². The van der Waals surface area contributed by atoms with Crippen molar-refractivity contribution in [1.82, 2.24) is 4.98 Å². The Morgan fingerprint density at radius 2 is 1.60 bits per heavy atom. The molecule has 0 aliphatic carbocycles. The van der Waals surface area contributed by atoms with Crippen LogP contribution in [0, 0.1) is 0 Å². The molecular formula is C25H25N3O2. The molecule has 0 unspecified atom stereocenters. The van der Waals surface area contributed by atoms with Gasteiger partial charge in [-0.05, 0) is 54.4 Å². The summed E-state index contributed by atoms with van der Waals surface area (Å²) in [7, 11) is 0. The average molecular weight is 399 g/mol. The van der Waals surface area contributed by atoms with Crippen molar-refractivity contribution in [2.45, 2.75) is 12.8 Å². The second kappa shape index (κ2) is 9.65. The number of fused-ring (bicyclic) bond motifs is 1. The van der Waals surface area contributed by atoms with Crippen LogP contribution in [0.5, 0.6) is 5.75 Å². The summed E-state index contributed by atoms with van der Waals surface area (Å²) in [6, 6.07) is 25.6. The Labute approximate surface area is 176 Å². The highest BCUT2D eigenvalue weighted by Gasteiger charge is 2.05. The fraction of sp³-hybridized carbons (Fsp3) is 0.160. The number of amides is 1. The summed E-state index contributed by atoms with van der Waals surface area (Å²) in [5.74, 6) is 0.708. The molecule has 0 fully saturated rings. The third-order valence-electron chi connectivity index (χ3n) is 4.91. The predicted octanol–water partition coefficient (Wildman–Crippen LogP) is 5.23. The Hall–Kier alpha value is -3.73. The van der Waals surface area contributed by atoms with E-state index in [2.05, 4.69) is 40.0 Å². The van der Waals surface area contributed by atoms with E-state index in [9.17, 15) is 4.79 Å². The van der Waals surface area contributed by atoms with Gasteiger partial charge in [0.25, 0.3) is 0 Å². The zero-order valence-corrected chi connectivity index (χ0v) is 16.7. The van der Waals surface area contributed by atoms with E-state index >= 15 is 0 Å². The predicted molar refractivity (Wildman–Crippen MR) is 122 cm³/mol. The van der Waals surface area contributed by atoms with Crippen molar-refractivity contribution in [2.24, 2.45) is 0 Å². The van der Waals surface area contributed by atoms with Crippen molar-refractivity contribution < 1.29 is 9.53 Å². The lowest BCUT2D eigenvalue weighted by Gasteiger charge is -2.09. The molecule has 0 saturated heterocycles. The first-order valence-electron chi connectivity index (χ1n) is 10.1. The standard InChI is InChI=1S/C25H25N3O2/c29-25(15-17-30-22-6-2-1-3-7-22)28-21-12-10-20(11-13-21)26-16-14-19-18-27-24-9-5-4-8-23(19)24/h1-13,18,26-27H,14-17H2,(H,28,29). The SMILES string of the molecule is O=C(CCOc1ccccc1)Nc1ccc(NCCc2c[nH]c3ccccc23)cc1. The van der Waals surface area contributed by atoms with Crippen LogP contribution in [0.1, 0.15) is 12.0 Å². The van der Waals surface area contributed by atoms with Gasteiger partial charge in [-0.15, -0.1) is 0 Å². The van der Waals surface area contributed by atoms with Gasteiger partial charge in [-0.3, -0.25) is 4.79 Å². The molecule has 0 bridgehead atoms. The molecule has 0 atom stereocenters. The summed E-state index contributed by atoms with van der Waals surface area (Å²) < 4.78 is 5.56. The number of rotatable bonds is 9. The fourth-order valence-corrected chi connectivity index (χ4v) is 3.35. The molecule has 0 aliphatic heterocycles. The smallest absolute Gasteiger partial charge is 0.227 e. The van der Waals surface area contributed by atoms with Gasteiger partial charge in [0.05, 0.1) is 13.0 Å². The first-order chi connectivity index (χ1) is 14.8. The van der Waals surface area contributed by atoms with Gasteiger partial charge in [-0.2, -0.15) is 0 Å². The van der Waals surface area contributed by atoms with E-state index in [1.807, 2.05) is 60.7 Å². The second-order valence-corrected chi connectivity index (χ2v) is 7.07. The number of carbonyl (C=O) groups excluding carboxylic acids is 1. The maximum Gasteiger partial charge on any atom is 0.227 e. The first-order valence-corrected chi connectivity index (χ1v) is 10.1. The van der Waals surface area contributed by atoms with Crippen molar-refractivity contribution in [3.8, 4) is 5.75 Å². The van der Waals surface area contributed by atoms with Gasteiger partial charge in [0, 0.05) is 35.0 Å². The molecule has 0 spiro atoms. The van der Waals surface area contributed by atoms with Gasteiger partial charge in [0.1, 0.15) is 5.75 Å². The summed E-state index contributed by atoms with van der Waals surface area (Å²) >= 11 is 0. The van der Waals surface area contributed by atoms with Crippen molar-refractivity contribution in [2.75, 3.05) is 23.8 Å². The lowest BCUT2D eigenvalue weighted by Crippen LogP contribution is -2.15. The molecule has 0 radical (unpaired) electrons. The zero-order chi connectivity index (χ0) is 20.6. The van der Waals surface area contributed by atoms with E-state index in [-0.39, 0.29) is 5.91 Å². The number of benzene rings is 3. The minimum Gasteiger partial charge on any atom is -0.493 e. The van der Waals surface area contributed by atoms with Crippen LogP contribution in [0.25, 0.3) is 10.9 Å². The van der Waals surface area contributed by atoms with E-state index < -0.39 is 0 Å². The first kappa shape index (κ1) is 19.6. The Bertz CT molecular complexity index is 1090. The van der Waals surface area contributed by atoms with Crippen molar-refractivity contribution >= 4 is 28.2 Å². The van der Waals surface area contributed by atoms with Crippen LogP contribution in [0.3, 0.4) is 0 Å². The topological polar surface area (TPSA) is 66.2 Å². The quantitative estimate of drug-likeness (QED) is 0.361. The third-order valence-corrected chi connectivity index (χ3v) is 4.91. The molecule has 5 heteroatoms. The number of hydrogen-bond acceptors (Lipinski definition) is 3. The third kappa shape index (κ3) is 5.20. The van der Waals surface area contributed by atoms with Crippen molar-refractivity contribution in [3.05, 3.63) is 90.6 Å². The van der Waals surface area contributed by atoms with E-state index in [1.165, 1.54) is 16.5 Å².